The number of hydrogen-bond acceptors (Lipinski definition) is 1. The van der Waals surface area contributed by atoms with Crippen LogP contribution < -0.4 is 5.32 Å². The summed E-state index contributed by atoms with van der Waals surface area (Å²) in [6, 6.07) is 6.02. The van der Waals surface area contributed by atoms with E-state index < -0.39 is 0 Å². The molecule has 3 heteroatoms. The fraction of sp³-hybridized carbons (Fsp3) is 0.462. The second-order valence-corrected chi connectivity index (χ2v) is 4.34. The third-order valence-electron chi connectivity index (χ3n) is 2.32. The Morgan fingerprint density at radius 1 is 1.31 bits per heavy atom. The highest BCUT2D eigenvalue weighted by Gasteiger charge is 2.03. The van der Waals surface area contributed by atoms with Gasteiger partial charge in [-0.2, -0.15) is 0 Å². The number of halogens is 1. The number of carbonyl (C=O) groups excluding carboxylic acids is 1. The Morgan fingerprint density at radius 3 is 2.50 bits per heavy atom. The van der Waals surface area contributed by atoms with Gasteiger partial charge in [-0.05, 0) is 30.0 Å². The van der Waals surface area contributed by atoms with Gasteiger partial charge in [0.25, 0.3) is 0 Å². The van der Waals surface area contributed by atoms with Gasteiger partial charge in [-0.3, -0.25) is 4.79 Å². The van der Waals surface area contributed by atoms with E-state index in [1.165, 1.54) is 12.1 Å². The molecule has 1 aromatic carbocycles. The van der Waals surface area contributed by atoms with E-state index in [0.717, 1.165) is 12.0 Å². The first-order chi connectivity index (χ1) is 7.58. The molecule has 0 fully saturated rings. The van der Waals surface area contributed by atoms with Crippen molar-refractivity contribution in [2.45, 2.75) is 26.7 Å². The summed E-state index contributed by atoms with van der Waals surface area (Å²) < 4.78 is 12.6. The molecule has 0 bridgehead atoms. The van der Waals surface area contributed by atoms with Crippen LogP contribution in [-0.4, -0.2) is 12.5 Å². The van der Waals surface area contributed by atoms with Crippen molar-refractivity contribution in [3.63, 3.8) is 0 Å². The van der Waals surface area contributed by atoms with Crippen molar-refractivity contribution in [3.8, 4) is 0 Å². The molecule has 1 aromatic rings. The number of amides is 1. The molecule has 0 saturated heterocycles. The Bertz CT molecular complexity index is 332. The lowest BCUT2D eigenvalue weighted by molar-refractivity contribution is -0.120. The Kier molecular flexibility index (Phi) is 4.96. The van der Waals surface area contributed by atoms with Crippen LogP contribution in [0.4, 0.5) is 4.39 Å². The Hall–Kier alpha value is -1.38. The average molecular weight is 223 g/mol. The SMILES string of the molecule is CC(C)CCNC(=O)Cc1ccc(F)cc1. The molecule has 0 heterocycles. The first kappa shape index (κ1) is 12.7. The van der Waals surface area contributed by atoms with Gasteiger partial charge in [-0.1, -0.05) is 26.0 Å². The normalized spacial score (nSPS) is 10.5. The van der Waals surface area contributed by atoms with Crippen molar-refractivity contribution in [3.05, 3.63) is 35.6 Å². The van der Waals surface area contributed by atoms with Crippen LogP contribution in [0.15, 0.2) is 24.3 Å². The third kappa shape index (κ3) is 4.91. The highest BCUT2D eigenvalue weighted by atomic mass is 19.1. The largest absolute Gasteiger partial charge is 0.356 e. The van der Waals surface area contributed by atoms with Crippen LogP contribution in [0.2, 0.25) is 0 Å². The van der Waals surface area contributed by atoms with Crippen molar-refractivity contribution in [1.82, 2.24) is 5.32 Å². The van der Waals surface area contributed by atoms with Crippen LogP contribution in [-0.2, 0) is 11.2 Å². The number of rotatable bonds is 5. The predicted molar refractivity (Wildman–Crippen MR) is 62.6 cm³/mol. The Morgan fingerprint density at radius 2 is 1.94 bits per heavy atom. The molecule has 1 N–H and O–H groups in total. The number of carbonyl (C=O) groups is 1. The van der Waals surface area contributed by atoms with Gasteiger partial charge in [0.05, 0.1) is 6.42 Å². The van der Waals surface area contributed by atoms with Crippen LogP contribution in [0.1, 0.15) is 25.8 Å². The van der Waals surface area contributed by atoms with E-state index in [4.69, 9.17) is 0 Å². The molecule has 0 aliphatic rings. The van der Waals surface area contributed by atoms with E-state index in [0.29, 0.717) is 18.9 Å². The lowest BCUT2D eigenvalue weighted by Crippen LogP contribution is -2.26. The monoisotopic (exact) mass is 223 g/mol. The number of benzene rings is 1. The molecule has 0 aliphatic carbocycles. The van der Waals surface area contributed by atoms with E-state index in [-0.39, 0.29) is 11.7 Å². The molecule has 0 spiro atoms. The molecule has 0 atom stereocenters. The van der Waals surface area contributed by atoms with Crippen molar-refractivity contribution in [1.29, 1.82) is 0 Å². The van der Waals surface area contributed by atoms with E-state index in [1.807, 2.05) is 0 Å². The predicted octanol–water partition coefficient (Wildman–Crippen LogP) is 2.53. The maximum Gasteiger partial charge on any atom is 0.224 e. The van der Waals surface area contributed by atoms with Gasteiger partial charge in [0.2, 0.25) is 5.91 Å². The molecular weight excluding hydrogens is 205 g/mol. The fourth-order valence-corrected chi connectivity index (χ4v) is 1.35. The summed E-state index contributed by atoms with van der Waals surface area (Å²) in [5.41, 5.74) is 0.837. The smallest absolute Gasteiger partial charge is 0.224 e. The summed E-state index contributed by atoms with van der Waals surface area (Å²) in [5, 5.41) is 2.84. The van der Waals surface area contributed by atoms with Crippen molar-refractivity contribution in [2.75, 3.05) is 6.54 Å². The molecule has 0 aliphatic heterocycles. The van der Waals surface area contributed by atoms with E-state index in [9.17, 15) is 9.18 Å². The second-order valence-electron chi connectivity index (χ2n) is 4.34. The summed E-state index contributed by atoms with van der Waals surface area (Å²) in [6.07, 6.45) is 1.30. The minimum atomic E-state index is -0.274. The molecule has 1 amide bonds. The van der Waals surface area contributed by atoms with Crippen molar-refractivity contribution < 1.29 is 9.18 Å². The molecular formula is C13H18FNO. The van der Waals surface area contributed by atoms with E-state index >= 15 is 0 Å². The minimum absolute atomic E-state index is 0.00717. The molecule has 0 unspecified atom stereocenters. The zero-order chi connectivity index (χ0) is 12.0. The molecule has 88 valence electrons. The topological polar surface area (TPSA) is 29.1 Å². The highest BCUT2D eigenvalue weighted by Crippen LogP contribution is 2.03. The molecule has 16 heavy (non-hydrogen) atoms. The number of nitrogens with one attached hydrogen (secondary N) is 1. The van der Waals surface area contributed by atoms with Gasteiger partial charge in [-0.15, -0.1) is 0 Å². The third-order valence-corrected chi connectivity index (χ3v) is 2.32. The molecule has 2 nitrogen and oxygen atoms in total. The number of hydrogen-bond donors (Lipinski definition) is 1. The first-order valence-electron chi connectivity index (χ1n) is 5.59. The van der Waals surface area contributed by atoms with Gasteiger partial charge in [-0.25, -0.2) is 4.39 Å². The van der Waals surface area contributed by atoms with Gasteiger partial charge in [0, 0.05) is 6.54 Å². The zero-order valence-corrected chi connectivity index (χ0v) is 9.79. The van der Waals surface area contributed by atoms with Gasteiger partial charge < -0.3 is 5.32 Å². The maximum absolute atomic E-state index is 12.6. The van der Waals surface area contributed by atoms with Gasteiger partial charge in [0.15, 0.2) is 0 Å². The van der Waals surface area contributed by atoms with Crippen LogP contribution in [0.3, 0.4) is 0 Å². The molecule has 0 saturated carbocycles. The average Bonchev–Trinajstić information content (AvgIpc) is 2.21. The first-order valence-corrected chi connectivity index (χ1v) is 5.59. The summed E-state index contributed by atoms with van der Waals surface area (Å²) in [6.45, 7) is 4.94. The quantitative estimate of drug-likeness (QED) is 0.816. The summed E-state index contributed by atoms with van der Waals surface area (Å²) in [7, 11) is 0. The van der Waals surface area contributed by atoms with Crippen molar-refractivity contribution in [2.24, 2.45) is 5.92 Å². The zero-order valence-electron chi connectivity index (χ0n) is 9.79. The Balaban J connectivity index is 2.31. The lowest BCUT2D eigenvalue weighted by Gasteiger charge is -2.07. The molecule has 0 radical (unpaired) electrons. The standard InChI is InChI=1S/C13H18FNO/c1-10(2)7-8-15-13(16)9-11-3-5-12(14)6-4-11/h3-6,10H,7-9H2,1-2H3,(H,15,16). The molecule has 0 aromatic heterocycles. The van der Waals surface area contributed by atoms with Gasteiger partial charge in [0.1, 0.15) is 5.82 Å². The minimum Gasteiger partial charge on any atom is -0.356 e. The second kappa shape index (κ2) is 6.26. The lowest BCUT2D eigenvalue weighted by atomic mass is 10.1. The van der Waals surface area contributed by atoms with Crippen LogP contribution in [0.5, 0.6) is 0 Å². The van der Waals surface area contributed by atoms with Crippen LogP contribution in [0.25, 0.3) is 0 Å². The molecule has 1 rings (SSSR count). The maximum atomic E-state index is 12.6. The van der Waals surface area contributed by atoms with E-state index in [2.05, 4.69) is 19.2 Å². The fourth-order valence-electron chi connectivity index (χ4n) is 1.35. The van der Waals surface area contributed by atoms with Gasteiger partial charge >= 0.3 is 0 Å². The van der Waals surface area contributed by atoms with Crippen LogP contribution in [0, 0.1) is 11.7 Å². The van der Waals surface area contributed by atoms with Crippen molar-refractivity contribution >= 4 is 5.91 Å². The highest BCUT2D eigenvalue weighted by molar-refractivity contribution is 5.78. The van der Waals surface area contributed by atoms with Crippen LogP contribution >= 0.6 is 0 Å². The van der Waals surface area contributed by atoms with E-state index in [1.54, 1.807) is 12.1 Å². The Labute approximate surface area is 95.9 Å². The summed E-state index contributed by atoms with van der Waals surface area (Å²) >= 11 is 0. The summed E-state index contributed by atoms with van der Waals surface area (Å²) in [4.78, 5) is 11.5. The summed E-state index contributed by atoms with van der Waals surface area (Å²) in [5.74, 6) is 0.308.